The quantitative estimate of drug-likeness (QED) is 0.630. The number of rotatable bonds is 8. The van der Waals surface area contributed by atoms with Crippen molar-refractivity contribution in [1.82, 2.24) is 14.9 Å². The van der Waals surface area contributed by atoms with E-state index >= 15 is 0 Å². The number of amides is 1. The lowest BCUT2D eigenvalue weighted by molar-refractivity contribution is -0.121. The number of aromatic nitrogens is 2. The highest BCUT2D eigenvalue weighted by Crippen LogP contribution is 2.23. The third-order valence-corrected chi connectivity index (χ3v) is 4.90. The molecule has 1 N–H and O–H groups in total. The molecule has 1 amide bonds. The molecule has 0 radical (unpaired) electrons. The first-order valence-corrected chi connectivity index (χ1v) is 9.94. The minimum Gasteiger partial charge on any atom is -0.497 e. The number of nitrogens with zero attached hydrogens (tertiary/aromatic N) is 2. The lowest BCUT2D eigenvalue weighted by Crippen LogP contribution is -2.32. The minimum atomic E-state index is -0.325. The van der Waals surface area contributed by atoms with Crippen molar-refractivity contribution in [2.45, 2.75) is 32.7 Å². The Morgan fingerprint density at radius 2 is 1.72 bits per heavy atom. The van der Waals surface area contributed by atoms with E-state index in [0.29, 0.717) is 12.3 Å². The Morgan fingerprint density at radius 1 is 1.07 bits per heavy atom. The maximum absolute atomic E-state index is 12.8. The molecule has 0 aliphatic rings. The van der Waals surface area contributed by atoms with Crippen molar-refractivity contribution in [1.29, 1.82) is 0 Å². The molecule has 1 aromatic heterocycles. The van der Waals surface area contributed by atoms with E-state index in [4.69, 9.17) is 4.74 Å². The molecule has 0 bridgehead atoms. The monoisotopic (exact) mass is 391 g/mol. The highest BCUT2D eigenvalue weighted by Gasteiger charge is 2.21. The van der Waals surface area contributed by atoms with Gasteiger partial charge >= 0.3 is 0 Å². The average Bonchev–Trinajstić information content (AvgIpc) is 3.13. The molecule has 0 saturated carbocycles. The molecular formula is C24H29N3O2. The van der Waals surface area contributed by atoms with E-state index in [1.807, 2.05) is 54.2 Å². The third-order valence-electron chi connectivity index (χ3n) is 4.90. The number of carbonyl (C=O) groups is 1. The summed E-state index contributed by atoms with van der Waals surface area (Å²) in [7, 11) is 3.57. The molecule has 152 valence electrons. The Bertz CT molecular complexity index is 928. The summed E-state index contributed by atoms with van der Waals surface area (Å²) in [6.07, 6.45) is 5.00. The number of carbonyl (C=O) groups excluding carboxylic acids is 1. The zero-order chi connectivity index (χ0) is 20.8. The molecule has 2 aromatic carbocycles. The Labute approximate surface area is 172 Å². The highest BCUT2D eigenvalue weighted by atomic mass is 16.5. The Balaban J connectivity index is 1.75. The van der Waals surface area contributed by atoms with Gasteiger partial charge in [0.15, 0.2) is 0 Å². The van der Waals surface area contributed by atoms with Gasteiger partial charge in [-0.05, 0) is 41.2 Å². The first-order valence-electron chi connectivity index (χ1n) is 9.94. The summed E-state index contributed by atoms with van der Waals surface area (Å²) in [5.74, 6) is 2.15. The van der Waals surface area contributed by atoms with Gasteiger partial charge in [0.25, 0.3) is 0 Å². The molecule has 3 rings (SSSR count). The van der Waals surface area contributed by atoms with E-state index in [1.165, 1.54) is 5.56 Å². The first kappa shape index (κ1) is 20.6. The molecular weight excluding hydrogens is 362 g/mol. The van der Waals surface area contributed by atoms with Crippen LogP contribution in [0.15, 0.2) is 60.9 Å². The Kier molecular flexibility index (Phi) is 6.70. The van der Waals surface area contributed by atoms with Gasteiger partial charge in [0.1, 0.15) is 17.6 Å². The fourth-order valence-electron chi connectivity index (χ4n) is 3.41. The van der Waals surface area contributed by atoms with Gasteiger partial charge < -0.3 is 14.6 Å². The van der Waals surface area contributed by atoms with Gasteiger partial charge in [0.05, 0.1) is 13.5 Å². The molecule has 0 aliphatic heterocycles. The molecule has 0 spiro atoms. The smallest absolute Gasteiger partial charge is 0.225 e. The van der Waals surface area contributed by atoms with Crippen LogP contribution in [0.5, 0.6) is 5.75 Å². The van der Waals surface area contributed by atoms with Crippen LogP contribution in [0, 0.1) is 5.92 Å². The molecule has 0 fully saturated rings. The molecule has 5 nitrogen and oxygen atoms in total. The zero-order valence-electron chi connectivity index (χ0n) is 17.6. The van der Waals surface area contributed by atoms with Crippen LogP contribution in [-0.4, -0.2) is 22.6 Å². The summed E-state index contributed by atoms with van der Waals surface area (Å²) in [6, 6.07) is 15.7. The number of nitrogens with one attached hydrogen (secondary N) is 1. The lowest BCUT2D eigenvalue weighted by Gasteiger charge is -2.19. The van der Waals surface area contributed by atoms with E-state index in [-0.39, 0.29) is 11.9 Å². The standard InChI is InChI=1S/C24H29N3O2/c1-17(2)15-18-5-7-19(8-6-18)16-22(28)26-23(24-25-13-14-27(24)3)20-9-11-21(29-4)12-10-20/h5-14,17,23H,15-16H2,1-4H3,(H,26,28). The number of aryl methyl sites for hydroxylation is 1. The van der Waals surface area contributed by atoms with E-state index in [9.17, 15) is 4.79 Å². The normalized spacial score (nSPS) is 12.0. The zero-order valence-corrected chi connectivity index (χ0v) is 17.6. The number of ether oxygens (including phenoxy) is 1. The van der Waals surface area contributed by atoms with Gasteiger partial charge in [-0.2, -0.15) is 0 Å². The SMILES string of the molecule is COc1ccc(C(NC(=O)Cc2ccc(CC(C)C)cc2)c2nccn2C)cc1. The molecule has 29 heavy (non-hydrogen) atoms. The number of hydrogen-bond donors (Lipinski definition) is 1. The maximum atomic E-state index is 12.8. The van der Waals surface area contributed by atoms with E-state index in [2.05, 4.69) is 36.3 Å². The molecule has 1 atom stereocenters. The van der Waals surface area contributed by atoms with Crippen LogP contribution >= 0.6 is 0 Å². The van der Waals surface area contributed by atoms with Crippen molar-refractivity contribution in [2.24, 2.45) is 13.0 Å². The van der Waals surface area contributed by atoms with Crippen molar-refractivity contribution >= 4 is 5.91 Å². The van der Waals surface area contributed by atoms with Crippen LogP contribution in [0.25, 0.3) is 0 Å². The number of hydrogen-bond acceptors (Lipinski definition) is 3. The predicted octanol–water partition coefficient (Wildman–Crippen LogP) is 4.08. The molecule has 3 aromatic rings. The van der Waals surface area contributed by atoms with Crippen LogP contribution in [0.1, 0.15) is 42.4 Å². The summed E-state index contributed by atoms with van der Waals surface area (Å²) in [4.78, 5) is 17.3. The summed E-state index contributed by atoms with van der Waals surface area (Å²) in [5.41, 5.74) is 3.26. The summed E-state index contributed by atoms with van der Waals surface area (Å²) >= 11 is 0. The van der Waals surface area contributed by atoms with Crippen LogP contribution in [-0.2, 0) is 24.7 Å². The first-order chi connectivity index (χ1) is 14.0. The van der Waals surface area contributed by atoms with Crippen LogP contribution in [0.3, 0.4) is 0 Å². The topological polar surface area (TPSA) is 56.1 Å². The van der Waals surface area contributed by atoms with E-state index in [0.717, 1.165) is 29.1 Å². The molecule has 0 saturated heterocycles. The van der Waals surface area contributed by atoms with Gasteiger partial charge in [0, 0.05) is 19.4 Å². The van der Waals surface area contributed by atoms with Crippen LogP contribution in [0.2, 0.25) is 0 Å². The second kappa shape index (κ2) is 9.41. The van der Waals surface area contributed by atoms with Gasteiger partial charge in [-0.3, -0.25) is 4.79 Å². The molecule has 0 aliphatic carbocycles. The van der Waals surface area contributed by atoms with Gasteiger partial charge in [0.2, 0.25) is 5.91 Å². The van der Waals surface area contributed by atoms with Crippen molar-refractivity contribution < 1.29 is 9.53 Å². The maximum Gasteiger partial charge on any atom is 0.225 e. The average molecular weight is 392 g/mol. The number of benzene rings is 2. The summed E-state index contributed by atoms with van der Waals surface area (Å²) in [5, 5.41) is 3.15. The predicted molar refractivity (Wildman–Crippen MR) is 115 cm³/mol. The van der Waals surface area contributed by atoms with Crippen molar-refractivity contribution in [3.63, 3.8) is 0 Å². The van der Waals surface area contributed by atoms with Crippen molar-refractivity contribution in [2.75, 3.05) is 7.11 Å². The molecule has 5 heteroatoms. The fourth-order valence-corrected chi connectivity index (χ4v) is 3.41. The van der Waals surface area contributed by atoms with Crippen LogP contribution in [0.4, 0.5) is 0 Å². The van der Waals surface area contributed by atoms with E-state index < -0.39 is 0 Å². The largest absolute Gasteiger partial charge is 0.497 e. The van der Waals surface area contributed by atoms with Gasteiger partial charge in [-0.1, -0.05) is 50.2 Å². The van der Waals surface area contributed by atoms with Crippen molar-refractivity contribution in [3.05, 3.63) is 83.4 Å². The summed E-state index contributed by atoms with van der Waals surface area (Å²) in [6.45, 7) is 4.41. The third kappa shape index (κ3) is 5.47. The second-order valence-electron chi connectivity index (χ2n) is 7.76. The minimum absolute atomic E-state index is 0.0366. The Hall–Kier alpha value is -3.08. The van der Waals surface area contributed by atoms with Gasteiger partial charge in [-0.15, -0.1) is 0 Å². The van der Waals surface area contributed by atoms with Crippen molar-refractivity contribution in [3.8, 4) is 5.75 Å². The number of imidazole rings is 1. The van der Waals surface area contributed by atoms with Gasteiger partial charge in [-0.25, -0.2) is 4.98 Å². The fraction of sp³-hybridized carbons (Fsp3) is 0.333. The Morgan fingerprint density at radius 3 is 2.28 bits per heavy atom. The summed E-state index contributed by atoms with van der Waals surface area (Å²) < 4.78 is 7.18. The van der Waals surface area contributed by atoms with Crippen LogP contribution < -0.4 is 10.1 Å². The lowest BCUT2D eigenvalue weighted by atomic mass is 10.0. The molecule has 1 unspecified atom stereocenters. The highest BCUT2D eigenvalue weighted by molar-refractivity contribution is 5.79. The second-order valence-corrected chi connectivity index (χ2v) is 7.76. The van der Waals surface area contributed by atoms with E-state index in [1.54, 1.807) is 13.3 Å². The molecule has 1 heterocycles. The number of methoxy groups -OCH3 is 1.